The molecule has 2 aromatic rings. The lowest BCUT2D eigenvalue weighted by atomic mass is 10.1. The van der Waals surface area contributed by atoms with Crippen molar-refractivity contribution in [3.05, 3.63) is 47.2 Å². The zero-order chi connectivity index (χ0) is 13.1. The van der Waals surface area contributed by atoms with E-state index < -0.39 is 0 Å². The molecule has 1 aromatic carbocycles. The highest BCUT2D eigenvalue weighted by atomic mass is 16.5. The second-order valence-electron chi connectivity index (χ2n) is 4.92. The van der Waals surface area contributed by atoms with Gasteiger partial charge in [-0.1, -0.05) is 19.1 Å². The van der Waals surface area contributed by atoms with Crippen LogP contribution in [-0.2, 0) is 24.5 Å². The number of hydrogen-bond acceptors (Lipinski definition) is 3. The highest BCUT2D eigenvalue weighted by molar-refractivity contribution is 5.60. The summed E-state index contributed by atoms with van der Waals surface area (Å²) in [5.74, 6) is 1.92. The van der Waals surface area contributed by atoms with Crippen molar-refractivity contribution in [1.82, 2.24) is 5.32 Å². The number of ether oxygens (including phenoxy) is 1. The third-order valence-corrected chi connectivity index (χ3v) is 3.39. The summed E-state index contributed by atoms with van der Waals surface area (Å²) < 4.78 is 11.3. The largest absolute Gasteiger partial charge is 0.460 e. The Bertz CT molecular complexity index is 560. The van der Waals surface area contributed by atoms with Crippen LogP contribution < -0.4 is 5.32 Å². The van der Waals surface area contributed by atoms with E-state index >= 15 is 0 Å². The van der Waals surface area contributed by atoms with Crippen molar-refractivity contribution in [3.63, 3.8) is 0 Å². The Hall–Kier alpha value is -1.58. The highest BCUT2D eigenvalue weighted by Crippen LogP contribution is 2.28. The molecule has 0 unspecified atom stereocenters. The summed E-state index contributed by atoms with van der Waals surface area (Å²) >= 11 is 0. The summed E-state index contributed by atoms with van der Waals surface area (Å²) in [5.41, 5.74) is 3.70. The number of furan rings is 1. The van der Waals surface area contributed by atoms with Gasteiger partial charge in [0.1, 0.15) is 11.5 Å². The molecule has 1 aliphatic rings. The van der Waals surface area contributed by atoms with Crippen LogP contribution in [0.3, 0.4) is 0 Å². The molecule has 0 saturated carbocycles. The van der Waals surface area contributed by atoms with E-state index in [9.17, 15) is 0 Å². The van der Waals surface area contributed by atoms with Crippen molar-refractivity contribution >= 4 is 0 Å². The smallest absolute Gasteiger partial charge is 0.134 e. The monoisotopic (exact) mass is 257 g/mol. The third kappa shape index (κ3) is 2.72. The summed E-state index contributed by atoms with van der Waals surface area (Å²) in [6, 6.07) is 10.5. The average Bonchev–Trinajstić information content (AvgIpc) is 3.06. The third-order valence-electron chi connectivity index (χ3n) is 3.39. The summed E-state index contributed by atoms with van der Waals surface area (Å²) in [6.45, 7) is 5.43. The van der Waals surface area contributed by atoms with Crippen LogP contribution >= 0.6 is 0 Å². The summed E-state index contributed by atoms with van der Waals surface area (Å²) in [7, 11) is 0. The fourth-order valence-electron chi connectivity index (χ4n) is 2.34. The lowest BCUT2D eigenvalue weighted by Gasteiger charge is -2.02. The molecule has 2 heterocycles. The van der Waals surface area contributed by atoms with E-state index in [0.29, 0.717) is 0 Å². The van der Waals surface area contributed by atoms with Crippen molar-refractivity contribution in [2.75, 3.05) is 6.54 Å². The van der Waals surface area contributed by atoms with Gasteiger partial charge in [0.2, 0.25) is 0 Å². The van der Waals surface area contributed by atoms with Gasteiger partial charge in [0, 0.05) is 5.56 Å². The van der Waals surface area contributed by atoms with Crippen molar-refractivity contribution in [3.8, 4) is 11.3 Å². The predicted octanol–water partition coefficient (Wildman–Crippen LogP) is 3.48. The van der Waals surface area contributed by atoms with E-state index in [1.165, 1.54) is 11.1 Å². The zero-order valence-corrected chi connectivity index (χ0v) is 11.2. The summed E-state index contributed by atoms with van der Waals surface area (Å²) in [6.07, 6.45) is 1.14. The molecule has 0 bridgehead atoms. The SMILES string of the molecule is CCCNCc1ccc(-c2ccc3c(c2)COC3)o1. The minimum absolute atomic E-state index is 0.717. The average molecular weight is 257 g/mol. The summed E-state index contributed by atoms with van der Waals surface area (Å²) in [4.78, 5) is 0. The maximum atomic E-state index is 5.87. The highest BCUT2D eigenvalue weighted by Gasteiger charge is 2.13. The van der Waals surface area contributed by atoms with Crippen molar-refractivity contribution in [2.24, 2.45) is 0 Å². The van der Waals surface area contributed by atoms with Gasteiger partial charge in [-0.3, -0.25) is 0 Å². The second-order valence-corrected chi connectivity index (χ2v) is 4.92. The van der Waals surface area contributed by atoms with Gasteiger partial charge >= 0.3 is 0 Å². The first kappa shape index (κ1) is 12.5. The van der Waals surface area contributed by atoms with Crippen molar-refractivity contribution in [2.45, 2.75) is 33.1 Å². The number of fused-ring (bicyclic) bond motifs is 1. The van der Waals surface area contributed by atoms with E-state index in [2.05, 4.69) is 30.4 Å². The van der Waals surface area contributed by atoms with E-state index in [-0.39, 0.29) is 0 Å². The first-order chi connectivity index (χ1) is 9.36. The Morgan fingerprint density at radius 3 is 2.89 bits per heavy atom. The quantitative estimate of drug-likeness (QED) is 0.833. The first-order valence-electron chi connectivity index (χ1n) is 6.86. The molecule has 0 aliphatic carbocycles. The second kappa shape index (κ2) is 5.59. The first-order valence-corrected chi connectivity index (χ1v) is 6.86. The molecule has 0 fully saturated rings. The Balaban J connectivity index is 1.75. The van der Waals surface area contributed by atoms with Gasteiger partial charge in [-0.15, -0.1) is 0 Å². The van der Waals surface area contributed by atoms with Gasteiger partial charge in [-0.05, 0) is 42.3 Å². The molecule has 19 heavy (non-hydrogen) atoms. The molecule has 3 nitrogen and oxygen atoms in total. The Morgan fingerprint density at radius 2 is 2.00 bits per heavy atom. The minimum Gasteiger partial charge on any atom is -0.460 e. The van der Waals surface area contributed by atoms with Crippen LogP contribution in [-0.4, -0.2) is 6.54 Å². The van der Waals surface area contributed by atoms with Crippen LogP contribution in [0.2, 0.25) is 0 Å². The molecular formula is C16H19NO2. The zero-order valence-electron chi connectivity index (χ0n) is 11.2. The summed E-state index contributed by atoms with van der Waals surface area (Å²) in [5, 5.41) is 3.34. The lowest BCUT2D eigenvalue weighted by Crippen LogP contribution is -2.12. The fraction of sp³-hybridized carbons (Fsp3) is 0.375. The molecule has 0 spiro atoms. The maximum absolute atomic E-state index is 5.87. The molecule has 1 aromatic heterocycles. The fourth-order valence-corrected chi connectivity index (χ4v) is 2.34. The van der Waals surface area contributed by atoms with Crippen LogP contribution in [0.15, 0.2) is 34.7 Å². The minimum atomic E-state index is 0.717. The van der Waals surface area contributed by atoms with E-state index in [4.69, 9.17) is 9.15 Å². The Morgan fingerprint density at radius 1 is 1.11 bits per heavy atom. The number of nitrogens with one attached hydrogen (secondary N) is 1. The Labute approximate surface area is 113 Å². The molecule has 0 radical (unpaired) electrons. The van der Waals surface area contributed by atoms with E-state index in [1.807, 2.05) is 12.1 Å². The van der Waals surface area contributed by atoms with Crippen LogP contribution in [0.5, 0.6) is 0 Å². The molecule has 1 N–H and O–H groups in total. The normalized spacial score (nSPS) is 13.7. The molecule has 3 heteroatoms. The van der Waals surface area contributed by atoms with Crippen LogP contribution in [0.4, 0.5) is 0 Å². The van der Waals surface area contributed by atoms with Crippen LogP contribution in [0.1, 0.15) is 30.2 Å². The molecule has 0 amide bonds. The molecule has 100 valence electrons. The molecular weight excluding hydrogens is 238 g/mol. The van der Waals surface area contributed by atoms with Gasteiger partial charge in [0.15, 0.2) is 0 Å². The maximum Gasteiger partial charge on any atom is 0.134 e. The standard InChI is InChI=1S/C16H19NO2/c1-2-7-17-9-15-5-6-16(19-15)12-3-4-13-10-18-11-14(13)8-12/h3-6,8,17H,2,7,9-11H2,1H3. The number of rotatable bonds is 5. The van der Waals surface area contributed by atoms with E-state index in [0.717, 1.165) is 49.8 Å². The van der Waals surface area contributed by atoms with Crippen LogP contribution in [0.25, 0.3) is 11.3 Å². The molecule has 1 aliphatic heterocycles. The predicted molar refractivity (Wildman–Crippen MR) is 74.6 cm³/mol. The molecule has 0 atom stereocenters. The van der Waals surface area contributed by atoms with Gasteiger partial charge in [-0.2, -0.15) is 0 Å². The number of benzene rings is 1. The van der Waals surface area contributed by atoms with Crippen molar-refractivity contribution < 1.29 is 9.15 Å². The Kier molecular flexibility index (Phi) is 3.67. The van der Waals surface area contributed by atoms with Gasteiger partial charge in [0.05, 0.1) is 19.8 Å². The van der Waals surface area contributed by atoms with Crippen LogP contribution in [0, 0.1) is 0 Å². The number of hydrogen-bond donors (Lipinski definition) is 1. The lowest BCUT2D eigenvalue weighted by molar-refractivity contribution is 0.134. The van der Waals surface area contributed by atoms with Gasteiger partial charge in [0.25, 0.3) is 0 Å². The topological polar surface area (TPSA) is 34.4 Å². The van der Waals surface area contributed by atoms with Gasteiger partial charge in [-0.25, -0.2) is 0 Å². The van der Waals surface area contributed by atoms with E-state index in [1.54, 1.807) is 0 Å². The van der Waals surface area contributed by atoms with Gasteiger partial charge < -0.3 is 14.5 Å². The molecule has 3 rings (SSSR count). The molecule has 0 saturated heterocycles. The van der Waals surface area contributed by atoms with Crippen molar-refractivity contribution in [1.29, 1.82) is 0 Å².